The molecule has 0 bridgehead atoms. The monoisotopic (exact) mass is 410 g/mol. The third-order valence-electron chi connectivity index (χ3n) is 3.01. The molecule has 0 saturated heterocycles. The van der Waals surface area contributed by atoms with Crippen LogP contribution in [0.2, 0.25) is 0 Å². The van der Waals surface area contributed by atoms with Crippen LogP contribution in [0, 0.1) is 0 Å². The van der Waals surface area contributed by atoms with E-state index in [1.165, 1.54) is 0 Å². The molecule has 0 aromatic heterocycles. The van der Waals surface area contributed by atoms with E-state index in [-0.39, 0.29) is 32.7 Å². The summed E-state index contributed by atoms with van der Waals surface area (Å²) in [5, 5.41) is 16.9. The summed E-state index contributed by atoms with van der Waals surface area (Å²) in [4.78, 5) is 32.3. The van der Waals surface area contributed by atoms with Crippen LogP contribution in [0.5, 0.6) is 0 Å². The van der Waals surface area contributed by atoms with Crippen molar-refractivity contribution in [2.24, 2.45) is 0 Å². The number of ketones is 1. The Kier molecular flexibility index (Phi) is 18.9. The van der Waals surface area contributed by atoms with Gasteiger partial charge in [-0.1, -0.05) is 0 Å². The topological polar surface area (TPSA) is 147 Å². The first kappa shape index (κ1) is 26.4. The van der Waals surface area contributed by atoms with Gasteiger partial charge in [0.2, 0.25) is 5.78 Å². The maximum absolute atomic E-state index is 11.2. The number of Topliss-reactive ketones (excluding diaryl/α,β-unsaturated/α-hetero) is 1. The summed E-state index contributed by atoms with van der Waals surface area (Å²) < 4.78 is 30.8. The predicted octanol–water partition coefficient (Wildman–Crippen LogP) is -0.961. The standard InChI is InChI=1S/C17H30O11/c18-3-4-23-5-6-24-7-8-25-9-10-26-11-12-27-13-14-28-16(20)2-1-15(19)17(21)22/h18H,1-14H2,(H,21,22). The number of ether oxygens (including phenoxy) is 6. The smallest absolute Gasteiger partial charge is 0.372 e. The normalized spacial score (nSPS) is 10.8. The number of esters is 1. The van der Waals surface area contributed by atoms with Crippen molar-refractivity contribution in [1.82, 2.24) is 0 Å². The molecule has 28 heavy (non-hydrogen) atoms. The summed E-state index contributed by atoms with van der Waals surface area (Å²) >= 11 is 0. The molecule has 0 rings (SSSR count). The lowest BCUT2D eigenvalue weighted by atomic mass is 10.2. The van der Waals surface area contributed by atoms with E-state index in [9.17, 15) is 14.4 Å². The molecule has 0 fully saturated rings. The van der Waals surface area contributed by atoms with Crippen molar-refractivity contribution < 1.29 is 53.0 Å². The lowest BCUT2D eigenvalue weighted by Crippen LogP contribution is -2.17. The van der Waals surface area contributed by atoms with Crippen molar-refractivity contribution >= 4 is 17.7 Å². The summed E-state index contributed by atoms with van der Waals surface area (Å²) in [6.07, 6.45) is -0.646. The van der Waals surface area contributed by atoms with Crippen molar-refractivity contribution in [3.05, 3.63) is 0 Å². The molecule has 11 heteroatoms. The van der Waals surface area contributed by atoms with Gasteiger partial charge in [-0.3, -0.25) is 9.59 Å². The Balaban J connectivity index is 3.18. The van der Waals surface area contributed by atoms with E-state index in [2.05, 4.69) is 0 Å². The summed E-state index contributed by atoms with van der Waals surface area (Å²) in [5.74, 6) is -3.23. The van der Waals surface area contributed by atoms with E-state index in [4.69, 9.17) is 38.6 Å². The largest absolute Gasteiger partial charge is 0.476 e. The van der Waals surface area contributed by atoms with Gasteiger partial charge in [-0.25, -0.2) is 4.79 Å². The SMILES string of the molecule is O=C(CCC(=O)C(=O)O)OCCOCCOCCOCCOCCOCCO. The molecule has 0 spiro atoms. The molecule has 0 saturated carbocycles. The van der Waals surface area contributed by atoms with Crippen molar-refractivity contribution in [3.8, 4) is 0 Å². The van der Waals surface area contributed by atoms with Gasteiger partial charge in [0.05, 0.1) is 79.1 Å². The van der Waals surface area contributed by atoms with Crippen LogP contribution >= 0.6 is 0 Å². The Labute approximate surface area is 163 Å². The van der Waals surface area contributed by atoms with Crippen LogP contribution in [0.4, 0.5) is 0 Å². The Bertz CT molecular complexity index is 414. The Morgan fingerprint density at radius 1 is 0.571 bits per heavy atom. The maximum atomic E-state index is 11.2. The predicted molar refractivity (Wildman–Crippen MR) is 94.0 cm³/mol. The number of carbonyl (C=O) groups is 3. The average Bonchev–Trinajstić information content (AvgIpc) is 2.68. The third-order valence-corrected chi connectivity index (χ3v) is 3.01. The molecule has 0 aromatic carbocycles. The molecule has 0 amide bonds. The summed E-state index contributed by atoms with van der Waals surface area (Å²) in [5.41, 5.74) is 0. The van der Waals surface area contributed by atoms with E-state index >= 15 is 0 Å². The van der Waals surface area contributed by atoms with Gasteiger partial charge in [-0.15, -0.1) is 0 Å². The molecule has 0 atom stereocenters. The van der Waals surface area contributed by atoms with Gasteiger partial charge in [0.15, 0.2) is 0 Å². The molecule has 0 aliphatic carbocycles. The molecule has 2 N–H and O–H groups in total. The van der Waals surface area contributed by atoms with E-state index in [0.29, 0.717) is 59.5 Å². The number of hydrogen-bond donors (Lipinski definition) is 2. The Morgan fingerprint density at radius 2 is 0.964 bits per heavy atom. The molecule has 0 aliphatic rings. The molecule has 11 nitrogen and oxygen atoms in total. The number of aliphatic hydroxyl groups is 1. The van der Waals surface area contributed by atoms with Gasteiger partial charge in [-0.2, -0.15) is 0 Å². The number of aliphatic carboxylic acids is 1. The molecule has 0 aromatic rings. The number of carboxylic acid groups (broad SMARTS) is 1. The van der Waals surface area contributed by atoms with Crippen molar-refractivity contribution in [2.45, 2.75) is 12.8 Å². The maximum Gasteiger partial charge on any atom is 0.372 e. The first-order chi connectivity index (χ1) is 13.6. The second-order valence-corrected chi connectivity index (χ2v) is 5.23. The third kappa shape index (κ3) is 19.1. The van der Waals surface area contributed by atoms with E-state index in [0.717, 1.165) is 0 Å². The lowest BCUT2D eigenvalue weighted by molar-refractivity contribution is -0.151. The second-order valence-electron chi connectivity index (χ2n) is 5.23. The first-order valence-corrected chi connectivity index (χ1v) is 8.99. The van der Waals surface area contributed by atoms with Crippen molar-refractivity contribution in [1.29, 1.82) is 0 Å². The minimum atomic E-state index is -1.56. The van der Waals surface area contributed by atoms with Gasteiger partial charge in [0.1, 0.15) is 6.61 Å². The first-order valence-electron chi connectivity index (χ1n) is 8.99. The molecular weight excluding hydrogens is 380 g/mol. The highest BCUT2D eigenvalue weighted by Crippen LogP contribution is 1.95. The highest BCUT2D eigenvalue weighted by atomic mass is 16.6. The zero-order valence-corrected chi connectivity index (χ0v) is 16.0. The Morgan fingerprint density at radius 3 is 1.36 bits per heavy atom. The van der Waals surface area contributed by atoms with Crippen LogP contribution in [-0.4, -0.2) is 107 Å². The highest BCUT2D eigenvalue weighted by molar-refractivity contribution is 6.32. The zero-order valence-electron chi connectivity index (χ0n) is 16.0. The zero-order chi connectivity index (χ0) is 20.9. The van der Waals surface area contributed by atoms with Crippen LogP contribution in [0.3, 0.4) is 0 Å². The number of carboxylic acids is 1. The van der Waals surface area contributed by atoms with Crippen LogP contribution in [0.25, 0.3) is 0 Å². The molecule has 164 valence electrons. The highest BCUT2D eigenvalue weighted by Gasteiger charge is 2.14. The summed E-state index contributed by atoms with van der Waals surface area (Å²) in [6, 6.07) is 0. The van der Waals surface area contributed by atoms with Gasteiger partial charge in [0, 0.05) is 6.42 Å². The van der Waals surface area contributed by atoms with E-state index in [1.54, 1.807) is 0 Å². The number of carbonyl (C=O) groups excluding carboxylic acids is 2. The second kappa shape index (κ2) is 20.1. The van der Waals surface area contributed by atoms with Crippen LogP contribution in [-0.2, 0) is 42.8 Å². The van der Waals surface area contributed by atoms with Crippen molar-refractivity contribution in [3.63, 3.8) is 0 Å². The number of hydrogen-bond acceptors (Lipinski definition) is 10. The van der Waals surface area contributed by atoms with Crippen LogP contribution in [0.1, 0.15) is 12.8 Å². The molecule has 0 heterocycles. The van der Waals surface area contributed by atoms with E-state index in [1.807, 2.05) is 0 Å². The molecular formula is C17H30O11. The molecule has 0 unspecified atom stereocenters. The fraction of sp³-hybridized carbons (Fsp3) is 0.824. The minimum absolute atomic E-state index is 0.000951. The minimum Gasteiger partial charge on any atom is -0.476 e. The quantitative estimate of drug-likeness (QED) is 0.137. The van der Waals surface area contributed by atoms with Crippen LogP contribution in [0.15, 0.2) is 0 Å². The number of aliphatic hydroxyl groups excluding tert-OH is 1. The van der Waals surface area contributed by atoms with Gasteiger partial charge in [0.25, 0.3) is 0 Å². The van der Waals surface area contributed by atoms with Gasteiger partial charge < -0.3 is 38.6 Å². The van der Waals surface area contributed by atoms with Gasteiger partial charge >= 0.3 is 11.9 Å². The summed E-state index contributed by atoms with van der Waals surface area (Å²) in [6.45, 7) is 3.83. The van der Waals surface area contributed by atoms with Gasteiger partial charge in [-0.05, 0) is 0 Å². The average molecular weight is 410 g/mol. The molecule has 0 aliphatic heterocycles. The fourth-order valence-electron chi connectivity index (χ4n) is 1.66. The lowest BCUT2D eigenvalue weighted by Gasteiger charge is -2.08. The fourth-order valence-corrected chi connectivity index (χ4v) is 1.66. The Hall–Kier alpha value is -1.63. The summed E-state index contributed by atoms with van der Waals surface area (Å²) in [7, 11) is 0. The van der Waals surface area contributed by atoms with Crippen molar-refractivity contribution in [2.75, 3.05) is 79.3 Å². The molecule has 0 radical (unpaired) electrons. The number of rotatable bonds is 21. The van der Waals surface area contributed by atoms with Crippen LogP contribution < -0.4 is 0 Å². The van der Waals surface area contributed by atoms with E-state index < -0.39 is 17.7 Å².